The van der Waals surface area contributed by atoms with Crippen molar-refractivity contribution in [3.05, 3.63) is 0 Å². The van der Waals surface area contributed by atoms with Crippen LogP contribution >= 0.6 is 0 Å². The SMILES string of the molecule is CC(=O)NCC1CCN(S(=O)(=O)C(C)C(=O)O)CC1. The van der Waals surface area contributed by atoms with Crippen LogP contribution in [0.4, 0.5) is 0 Å². The Morgan fingerprint density at radius 3 is 2.32 bits per heavy atom. The summed E-state index contributed by atoms with van der Waals surface area (Å²) in [7, 11) is -3.77. The van der Waals surface area contributed by atoms with Gasteiger partial charge in [0.25, 0.3) is 0 Å². The molecule has 1 aliphatic rings. The summed E-state index contributed by atoms with van der Waals surface area (Å²) in [5, 5.41) is 10.1. The van der Waals surface area contributed by atoms with Gasteiger partial charge in [0.05, 0.1) is 0 Å². The predicted octanol–water partition coefficient (Wildman–Crippen LogP) is -0.363. The monoisotopic (exact) mass is 292 g/mol. The molecule has 0 saturated carbocycles. The number of sulfonamides is 1. The van der Waals surface area contributed by atoms with E-state index in [2.05, 4.69) is 5.32 Å². The van der Waals surface area contributed by atoms with E-state index < -0.39 is 21.2 Å². The van der Waals surface area contributed by atoms with Gasteiger partial charge in [-0.2, -0.15) is 0 Å². The summed E-state index contributed by atoms with van der Waals surface area (Å²) in [5.41, 5.74) is 0. The van der Waals surface area contributed by atoms with E-state index in [1.807, 2.05) is 0 Å². The lowest BCUT2D eigenvalue weighted by molar-refractivity contribution is -0.136. The Bertz CT molecular complexity index is 440. The molecule has 7 nitrogen and oxygen atoms in total. The zero-order valence-corrected chi connectivity index (χ0v) is 11.9. The van der Waals surface area contributed by atoms with Crippen LogP contribution in [-0.2, 0) is 19.6 Å². The fraction of sp³-hybridized carbons (Fsp3) is 0.818. The van der Waals surface area contributed by atoms with Crippen LogP contribution in [0.1, 0.15) is 26.7 Å². The number of piperidine rings is 1. The second kappa shape index (κ2) is 6.33. The van der Waals surface area contributed by atoms with Gasteiger partial charge in [-0.05, 0) is 25.7 Å². The van der Waals surface area contributed by atoms with E-state index in [9.17, 15) is 18.0 Å². The summed E-state index contributed by atoms with van der Waals surface area (Å²) >= 11 is 0. The molecule has 1 aliphatic heterocycles. The van der Waals surface area contributed by atoms with E-state index in [1.54, 1.807) is 0 Å². The van der Waals surface area contributed by atoms with E-state index in [0.29, 0.717) is 32.5 Å². The molecule has 0 bridgehead atoms. The third-order valence-corrected chi connectivity index (χ3v) is 5.55. The van der Waals surface area contributed by atoms with Gasteiger partial charge in [0.15, 0.2) is 5.25 Å². The third-order valence-electron chi connectivity index (χ3n) is 3.37. The minimum Gasteiger partial charge on any atom is -0.480 e. The molecule has 0 spiro atoms. The van der Waals surface area contributed by atoms with Gasteiger partial charge in [0.2, 0.25) is 15.9 Å². The topological polar surface area (TPSA) is 104 Å². The number of aliphatic carboxylic acids is 1. The van der Waals surface area contributed by atoms with Gasteiger partial charge in [-0.15, -0.1) is 0 Å². The van der Waals surface area contributed by atoms with Crippen LogP contribution in [0, 0.1) is 5.92 Å². The number of carbonyl (C=O) groups is 2. The van der Waals surface area contributed by atoms with Crippen molar-refractivity contribution < 1.29 is 23.1 Å². The van der Waals surface area contributed by atoms with Crippen LogP contribution in [0.2, 0.25) is 0 Å². The maximum Gasteiger partial charge on any atom is 0.323 e. The third kappa shape index (κ3) is 4.17. The molecule has 0 aromatic rings. The van der Waals surface area contributed by atoms with Gasteiger partial charge < -0.3 is 10.4 Å². The molecule has 1 atom stereocenters. The normalized spacial score (nSPS) is 19.9. The smallest absolute Gasteiger partial charge is 0.323 e. The van der Waals surface area contributed by atoms with Crippen LogP contribution in [-0.4, -0.2) is 54.6 Å². The van der Waals surface area contributed by atoms with Gasteiger partial charge in [0.1, 0.15) is 0 Å². The Balaban J connectivity index is 2.54. The van der Waals surface area contributed by atoms with Crippen molar-refractivity contribution in [1.82, 2.24) is 9.62 Å². The van der Waals surface area contributed by atoms with E-state index in [-0.39, 0.29) is 11.8 Å². The first-order chi connectivity index (χ1) is 8.75. The largest absolute Gasteiger partial charge is 0.480 e. The molecular weight excluding hydrogens is 272 g/mol. The van der Waals surface area contributed by atoms with Crippen molar-refractivity contribution >= 4 is 21.9 Å². The second-order valence-corrected chi connectivity index (χ2v) is 7.06. The Hall–Kier alpha value is -1.15. The number of carboxylic acid groups (broad SMARTS) is 1. The highest BCUT2D eigenvalue weighted by Crippen LogP contribution is 2.21. The fourth-order valence-electron chi connectivity index (χ4n) is 2.01. The molecule has 0 aliphatic carbocycles. The predicted molar refractivity (Wildman–Crippen MR) is 69.0 cm³/mol. The van der Waals surface area contributed by atoms with Gasteiger partial charge in [-0.25, -0.2) is 12.7 Å². The number of hydrogen-bond donors (Lipinski definition) is 2. The number of nitrogens with one attached hydrogen (secondary N) is 1. The van der Waals surface area contributed by atoms with Crippen molar-refractivity contribution in [3.8, 4) is 0 Å². The zero-order valence-electron chi connectivity index (χ0n) is 11.1. The minimum absolute atomic E-state index is 0.102. The number of amides is 1. The van der Waals surface area contributed by atoms with Crippen molar-refractivity contribution in [2.45, 2.75) is 31.9 Å². The maximum absolute atomic E-state index is 12.0. The number of rotatable bonds is 5. The fourth-order valence-corrected chi connectivity index (χ4v) is 3.43. The lowest BCUT2D eigenvalue weighted by atomic mass is 9.98. The van der Waals surface area contributed by atoms with Crippen molar-refractivity contribution in [3.63, 3.8) is 0 Å². The first-order valence-corrected chi connectivity index (χ1v) is 7.71. The Morgan fingerprint density at radius 2 is 1.89 bits per heavy atom. The highest BCUT2D eigenvalue weighted by molar-refractivity contribution is 7.90. The summed E-state index contributed by atoms with van der Waals surface area (Å²) in [6.45, 7) is 3.78. The summed E-state index contributed by atoms with van der Waals surface area (Å²) in [4.78, 5) is 21.6. The summed E-state index contributed by atoms with van der Waals surface area (Å²) in [5.74, 6) is -1.19. The number of carbonyl (C=O) groups excluding carboxylic acids is 1. The lowest BCUT2D eigenvalue weighted by Gasteiger charge is -2.32. The second-order valence-electron chi connectivity index (χ2n) is 4.80. The lowest BCUT2D eigenvalue weighted by Crippen LogP contribution is -2.46. The highest BCUT2D eigenvalue weighted by atomic mass is 32.2. The number of hydrogen-bond acceptors (Lipinski definition) is 4. The Labute approximate surface area is 113 Å². The van der Waals surface area contributed by atoms with Gasteiger partial charge in [0, 0.05) is 26.6 Å². The Kier molecular flexibility index (Phi) is 5.30. The molecule has 2 N–H and O–H groups in total. The van der Waals surface area contributed by atoms with E-state index >= 15 is 0 Å². The van der Waals surface area contributed by atoms with Gasteiger partial charge >= 0.3 is 5.97 Å². The quantitative estimate of drug-likeness (QED) is 0.720. The summed E-state index contributed by atoms with van der Waals surface area (Å²) in [6.07, 6.45) is 1.26. The minimum atomic E-state index is -3.77. The average Bonchev–Trinajstić information content (AvgIpc) is 2.35. The van der Waals surface area contributed by atoms with Crippen molar-refractivity contribution in [1.29, 1.82) is 0 Å². The molecule has 0 aromatic carbocycles. The first kappa shape index (κ1) is 15.9. The molecule has 0 radical (unpaired) electrons. The average molecular weight is 292 g/mol. The van der Waals surface area contributed by atoms with Gasteiger partial charge in [-0.1, -0.05) is 0 Å². The van der Waals surface area contributed by atoms with Crippen LogP contribution in [0.25, 0.3) is 0 Å². The molecule has 1 fully saturated rings. The molecule has 1 saturated heterocycles. The van der Waals surface area contributed by atoms with Crippen LogP contribution in [0.3, 0.4) is 0 Å². The molecule has 0 aromatic heterocycles. The standard InChI is InChI=1S/C11H20N2O5S/c1-8(11(15)16)19(17,18)13-5-3-10(4-6-13)7-12-9(2)14/h8,10H,3-7H2,1-2H3,(H,12,14)(H,15,16). The van der Waals surface area contributed by atoms with Crippen LogP contribution in [0.5, 0.6) is 0 Å². The molecule has 19 heavy (non-hydrogen) atoms. The van der Waals surface area contributed by atoms with E-state index in [0.717, 1.165) is 0 Å². The summed E-state index contributed by atoms with van der Waals surface area (Å²) in [6, 6.07) is 0. The maximum atomic E-state index is 12.0. The molecule has 110 valence electrons. The molecule has 1 amide bonds. The number of nitrogens with zero attached hydrogens (tertiary/aromatic N) is 1. The van der Waals surface area contributed by atoms with E-state index in [1.165, 1.54) is 18.2 Å². The van der Waals surface area contributed by atoms with Gasteiger partial charge in [-0.3, -0.25) is 9.59 Å². The van der Waals surface area contributed by atoms with E-state index in [4.69, 9.17) is 5.11 Å². The molecule has 1 heterocycles. The number of carboxylic acids is 1. The zero-order chi connectivity index (χ0) is 14.6. The molecule has 8 heteroatoms. The van der Waals surface area contributed by atoms with Crippen LogP contribution in [0.15, 0.2) is 0 Å². The molecule has 1 unspecified atom stereocenters. The molecular formula is C11H20N2O5S. The van der Waals surface area contributed by atoms with Crippen molar-refractivity contribution in [2.24, 2.45) is 5.92 Å². The first-order valence-electron chi connectivity index (χ1n) is 6.21. The van der Waals surface area contributed by atoms with Crippen LogP contribution < -0.4 is 5.32 Å². The molecule has 1 rings (SSSR count). The highest BCUT2D eigenvalue weighted by Gasteiger charge is 2.35. The summed E-state index contributed by atoms with van der Waals surface area (Å²) < 4.78 is 25.2. The Morgan fingerprint density at radius 1 is 1.37 bits per heavy atom. The van der Waals surface area contributed by atoms with Crippen molar-refractivity contribution in [2.75, 3.05) is 19.6 Å².